The van der Waals surface area contributed by atoms with Crippen LogP contribution in [0.3, 0.4) is 0 Å². The molecule has 0 radical (unpaired) electrons. The molecule has 15 heavy (non-hydrogen) atoms. The molecule has 0 saturated carbocycles. The van der Waals surface area contributed by atoms with Crippen LogP contribution in [0.25, 0.3) is 0 Å². The molecule has 0 aliphatic rings. The zero-order chi connectivity index (χ0) is 11.6. The molecule has 0 fully saturated rings. The zero-order valence-electron chi connectivity index (χ0n) is 9.02. The van der Waals surface area contributed by atoms with Gasteiger partial charge in [0.2, 0.25) is 0 Å². The Kier molecular flexibility index (Phi) is 3.57. The third kappa shape index (κ3) is 2.07. The summed E-state index contributed by atoms with van der Waals surface area (Å²) in [6.45, 7) is 1.89. The molecule has 0 saturated heterocycles. The van der Waals surface area contributed by atoms with E-state index in [1.54, 1.807) is 7.05 Å². The van der Waals surface area contributed by atoms with Crippen LogP contribution in [0.15, 0.2) is 26.6 Å². The molecular weight excluding hydrogens is 212 g/mol. The first-order valence-corrected chi connectivity index (χ1v) is 5.04. The van der Waals surface area contributed by atoms with Crippen LogP contribution < -0.4 is 11.2 Å². The Labute approximate surface area is 93.3 Å². The number of rotatable bonds is 2. The van der Waals surface area contributed by atoms with Crippen molar-refractivity contribution >= 4 is 12.6 Å². The van der Waals surface area contributed by atoms with Gasteiger partial charge in [-0.2, -0.15) is 0 Å². The van der Waals surface area contributed by atoms with Gasteiger partial charge in [-0.1, -0.05) is 12.2 Å². The molecule has 1 aromatic heterocycles. The van der Waals surface area contributed by atoms with Crippen molar-refractivity contribution in [3.8, 4) is 0 Å². The van der Waals surface area contributed by atoms with Crippen LogP contribution >= 0.6 is 12.6 Å². The van der Waals surface area contributed by atoms with Crippen LogP contribution in [0.5, 0.6) is 0 Å². The molecule has 0 spiro atoms. The zero-order valence-corrected chi connectivity index (χ0v) is 9.91. The molecule has 5 heteroatoms. The van der Waals surface area contributed by atoms with Crippen LogP contribution in [0.2, 0.25) is 0 Å². The minimum Gasteiger partial charge on any atom is -0.299 e. The van der Waals surface area contributed by atoms with E-state index in [0.717, 1.165) is 4.57 Å². The molecule has 0 atom stereocenters. The first-order chi connectivity index (χ1) is 7.00. The van der Waals surface area contributed by atoms with Gasteiger partial charge in [-0.3, -0.25) is 13.9 Å². The van der Waals surface area contributed by atoms with E-state index in [-0.39, 0.29) is 11.2 Å². The maximum Gasteiger partial charge on any atom is 0.330 e. The first-order valence-electron chi connectivity index (χ1n) is 4.59. The van der Waals surface area contributed by atoms with E-state index in [4.69, 9.17) is 0 Å². The van der Waals surface area contributed by atoms with Gasteiger partial charge in [-0.05, 0) is 6.92 Å². The van der Waals surface area contributed by atoms with Gasteiger partial charge >= 0.3 is 5.69 Å². The lowest BCUT2D eigenvalue weighted by molar-refractivity contribution is 0.633. The second-order valence-electron chi connectivity index (χ2n) is 3.27. The fourth-order valence-electron chi connectivity index (χ4n) is 1.33. The second-order valence-corrected chi connectivity index (χ2v) is 3.72. The Bertz CT molecular complexity index is 474. The average molecular weight is 226 g/mol. The predicted molar refractivity (Wildman–Crippen MR) is 62.7 cm³/mol. The van der Waals surface area contributed by atoms with Crippen molar-refractivity contribution in [1.82, 2.24) is 9.13 Å². The second kappa shape index (κ2) is 4.53. The van der Waals surface area contributed by atoms with Crippen molar-refractivity contribution in [2.45, 2.75) is 18.2 Å². The third-order valence-electron chi connectivity index (χ3n) is 2.31. The number of thiol groups is 1. The number of nitrogens with zero attached hydrogens (tertiary/aromatic N) is 2. The quantitative estimate of drug-likeness (QED) is 0.589. The van der Waals surface area contributed by atoms with Gasteiger partial charge < -0.3 is 0 Å². The highest BCUT2D eigenvalue weighted by molar-refractivity contribution is 7.80. The fourth-order valence-corrected chi connectivity index (χ4v) is 1.72. The van der Waals surface area contributed by atoms with Crippen molar-refractivity contribution in [2.24, 2.45) is 14.1 Å². The van der Waals surface area contributed by atoms with Gasteiger partial charge in [0, 0.05) is 26.2 Å². The molecule has 1 rings (SSSR count). The van der Waals surface area contributed by atoms with Crippen LogP contribution in [0, 0.1) is 0 Å². The van der Waals surface area contributed by atoms with E-state index in [2.05, 4.69) is 12.6 Å². The molecule has 1 heterocycles. The van der Waals surface area contributed by atoms with E-state index in [9.17, 15) is 9.59 Å². The maximum absolute atomic E-state index is 11.6. The Morgan fingerprint density at radius 2 is 1.87 bits per heavy atom. The molecule has 0 aliphatic carbocycles. The first kappa shape index (κ1) is 11.8. The molecule has 0 amide bonds. The van der Waals surface area contributed by atoms with Gasteiger partial charge in [-0.15, -0.1) is 12.6 Å². The summed E-state index contributed by atoms with van der Waals surface area (Å²) in [5, 5.41) is 0. The summed E-state index contributed by atoms with van der Waals surface area (Å²) in [7, 11) is 3.09. The lowest BCUT2D eigenvalue weighted by Gasteiger charge is -2.10. The van der Waals surface area contributed by atoms with Crippen molar-refractivity contribution in [3.63, 3.8) is 0 Å². The highest BCUT2D eigenvalue weighted by Crippen LogP contribution is 2.06. The lowest BCUT2D eigenvalue weighted by atomic mass is 10.2. The van der Waals surface area contributed by atoms with Gasteiger partial charge in [0.15, 0.2) is 0 Å². The van der Waals surface area contributed by atoms with Crippen molar-refractivity contribution < 1.29 is 0 Å². The molecule has 0 aromatic carbocycles. The highest BCUT2D eigenvalue weighted by Gasteiger charge is 2.10. The summed E-state index contributed by atoms with van der Waals surface area (Å²) in [4.78, 5) is 23.5. The Balaban J connectivity index is 3.53. The fraction of sp³-hybridized carbons (Fsp3) is 0.400. The minimum atomic E-state index is -0.346. The van der Waals surface area contributed by atoms with Crippen LogP contribution in [0.4, 0.5) is 0 Å². The Morgan fingerprint density at radius 1 is 1.27 bits per heavy atom. The maximum atomic E-state index is 11.6. The van der Waals surface area contributed by atoms with Gasteiger partial charge in [0.05, 0.1) is 4.90 Å². The van der Waals surface area contributed by atoms with Crippen molar-refractivity contribution in [1.29, 1.82) is 0 Å². The normalized spacial score (nSPS) is 11.2. The SMILES string of the molecule is C/C=C/Cc1c(S)c(=O)n(C)c(=O)n1C. The van der Waals surface area contributed by atoms with Crippen molar-refractivity contribution in [2.75, 3.05) is 0 Å². The Hall–Kier alpha value is -1.23. The standard InChI is InChI=1S/C10H14N2O2S/c1-4-5-6-7-8(15)9(13)12(3)10(14)11(7)2/h4-5,15H,6H2,1-3H3/b5-4+. The van der Waals surface area contributed by atoms with Gasteiger partial charge in [-0.25, -0.2) is 4.79 Å². The largest absolute Gasteiger partial charge is 0.330 e. The monoisotopic (exact) mass is 226 g/mol. The van der Waals surface area contributed by atoms with Crippen LogP contribution in [-0.4, -0.2) is 9.13 Å². The number of hydrogen-bond donors (Lipinski definition) is 1. The third-order valence-corrected chi connectivity index (χ3v) is 2.76. The van der Waals surface area contributed by atoms with Crippen LogP contribution in [0.1, 0.15) is 12.6 Å². The molecule has 0 N–H and O–H groups in total. The molecule has 4 nitrogen and oxygen atoms in total. The molecule has 82 valence electrons. The number of hydrogen-bond acceptors (Lipinski definition) is 3. The average Bonchev–Trinajstić information content (AvgIpc) is 2.24. The molecule has 0 unspecified atom stereocenters. The minimum absolute atomic E-state index is 0.322. The predicted octanol–water partition coefficient (Wildman–Crippen LogP) is 0.491. The summed E-state index contributed by atoms with van der Waals surface area (Å²) in [5.41, 5.74) is -0.0252. The van der Waals surface area contributed by atoms with Gasteiger partial charge in [0.1, 0.15) is 0 Å². The summed E-state index contributed by atoms with van der Waals surface area (Å²) < 4.78 is 2.51. The number of aromatic nitrogens is 2. The number of allylic oxidation sites excluding steroid dienone is 2. The smallest absolute Gasteiger partial charge is 0.299 e. The lowest BCUT2D eigenvalue weighted by Crippen LogP contribution is -2.39. The summed E-state index contributed by atoms with van der Waals surface area (Å²) in [6, 6.07) is 0. The summed E-state index contributed by atoms with van der Waals surface area (Å²) in [5.74, 6) is 0. The van der Waals surface area contributed by atoms with E-state index in [0.29, 0.717) is 17.0 Å². The molecular formula is C10H14N2O2S. The van der Waals surface area contributed by atoms with E-state index >= 15 is 0 Å². The van der Waals surface area contributed by atoms with E-state index in [1.807, 2.05) is 19.1 Å². The topological polar surface area (TPSA) is 44.0 Å². The van der Waals surface area contributed by atoms with E-state index < -0.39 is 0 Å². The molecule has 0 bridgehead atoms. The van der Waals surface area contributed by atoms with Crippen molar-refractivity contribution in [3.05, 3.63) is 38.7 Å². The highest BCUT2D eigenvalue weighted by atomic mass is 32.1. The molecule has 0 aliphatic heterocycles. The Morgan fingerprint density at radius 3 is 2.40 bits per heavy atom. The summed E-state index contributed by atoms with van der Waals surface area (Å²) >= 11 is 4.14. The van der Waals surface area contributed by atoms with E-state index in [1.165, 1.54) is 11.6 Å². The van der Waals surface area contributed by atoms with Crippen LogP contribution in [-0.2, 0) is 20.5 Å². The van der Waals surface area contributed by atoms with Gasteiger partial charge in [0.25, 0.3) is 5.56 Å². The molecule has 1 aromatic rings. The summed E-state index contributed by atoms with van der Waals surface area (Å²) in [6.07, 6.45) is 4.29.